The van der Waals surface area contributed by atoms with E-state index >= 15 is 0 Å². The zero-order chi connectivity index (χ0) is 8.81. The number of nitrogens with zero attached hydrogens (tertiary/aromatic N) is 4. The van der Waals surface area contributed by atoms with Gasteiger partial charge in [-0.15, -0.1) is 5.10 Å². The van der Waals surface area contributed by atoms with Crippen LogP contribution < -0.4 is 5.32 Å². The van der Waals surface area contributed by atoms with Crippen molar-refractivity contribution in [2.75, 3.05) is 13.1 Å². The van der Waals surface area contributed by atoms with Crippen molar-refractivity contribution in [2.24, 2.45) is 0 Å². The van der Waals surface area contributed by atoms with Crippen LogP contribution in [0, 0.1) is 11.3 Å². The summed E-state index contributed by atoms with van der Waals surface area (Å²) in [6.07, 6.45) is 1.57. The number of aromatic nitrogens is 3. The van der Waals surface area contributed by atoms with E-state index < -0.39 is 0 Å². The second-order valence-corrected chi connectivity index (χ2v) is 2.30. The molecule has 12 heavy (non-hydrogen) atoms. The van der Waals surface area contributed by atoms with Crippen LogP contribution in [0.5, 0.6) is 0 Å². The molecule has 1 N–H and O–H groups in total. The number of nitriles is 1. The third kappa shape index (κ3) is 2.32. The molecule has 64 valence electrons. The Balaban J connectivity index is 2.38. The first-order valence-electron chi connectivity index (χ1n) is 3.87. The molecule has 0 spiro atoms. The molecular weight excluding hydrogens is 154 g/mol. The van der Waals surface area contributed by atoms with Gasteiger partial charge in [-0.2, -0.15) is 5.26 Å². The van der Waals surface area contributed by atoms with Crippen molar-refractivity contribution >= 4 is 0 Å². The molecule has 0 aliphatic heterocycles. The lowest BCUT2D eigenvalue weighted by Gasteiger charge is -1.99. The summed E-state index contributed by atoms with van der Waals surface area (Å²) < 4.78 is 1.65. The highest BCUT2D eigenvalue weighted by Gasteiger charge is 1.96. The second kappa shape index (κ2) is 4.46. The minimum absolute atomic E-state index is 0.228. The predicted molar refractivity (Wildman–Crippen MR) is 43.3 cm³/mol. The van der Waals surface area contributed by atoms with Gasteiger partial charge in [-0.1, -0.05) is 6.92 Å². The maximum atomic E-state index is 8.42. The molecule has 0 radical (unpaired) electrons. The summed E-state index contributed by atoms with van der Waals surface area (Å²) in [5, 5.41) is 15.5. The molecule has 0 saturated carbocycles. The maximum absolute atomic E-state index is 8.42. The minimum Gasteiger partial charge on any atom is -0.315 e. The second-order valence-electron chi connectivity index (χ2n) is 2.30. The topological polar surface area (TPSA) is 66.5 Å². The number of rotatable bonds is 4. The molecule has 5 heteroatoms. The van der Waals surface area contributed by atoms with Crippen molar-refractivity contribution in [1.82, 2.24) is 20.1 Å². The first kappa shape index (κ1) is 8.68. The third-order valence-corrected chi connectivity index (χ3v) is 1.40. The van der Waals surface area contributed by atoms with Crippen LogP contribution in [-0.4, -0.2) is 27.9 Å². The van der Waals surface area contributed by atoms with E-state index in [-0.39, 0.29) is 5.82 Å². The summed E-state index contributed by atoms with van der Waals surface area (Å²) in [6.45, 7) is 4.59. The number of nitrogens with one attached hydrogen (secondary N) is 1. The summed E-state index contributed by atoms with van der Waals surface area (Å²) in [5.41, 5.74) is 0. The van der Waals surface area contributed by atoms with Gasteiger partial charge in [-0.25, -0.2) is 4.98 Å². The minimum atomic E-state index is 0.228. The molecule has 1 aromatic rings. The lowest BCUT2D eigenvalue weighted by Crippen LogP contribution is -2.19. The molecule has 5 nitrogen and oxygen atoms in total. The van der Waals surface area contributed by atoms with E-state index in [2.05, 4.69) is 15.4 Å². The fraction of sp³-hybridized carbons (Fsp3) is 0.571. The number of likely N-dealkylation sites (N-methyl/N-ethyl adjacent to an activating group) is 1. The quantitative estimate of drug-likeness (QED) is 0.625. The summed E-state index contributed by atoms with van der Waals surface area (Å²) in [6, 6.07) is 1.87. The highest BCUT2D eigenvalue weighted by molar-refractivity contribution is 5.05. The van der Waals surface area contributed by atoms with Gasteiger partial charge in [0, 0.05) is 6.54 Å². The molecule has 0 aliphatic carbocycles. The number of hydrogen-bond donors (Lipinski definition) is 1. The van der Waals surface area contributed by atoms with E-state index in [4.69, 9.17) is 5.26 Å². The average Bonchev–Trinajstić information content (AvgIpc) is 2.53. The van der Waals surface area contributed by atoms with Crippen molar-refractivity contribution in [2.45, 2.75) is 13.5 Å². The van der Waals surface area contributed by atoms with Gasteiger partial charge in [0.2, 0.25) is 0 Å². The fourth-order valence-corrected chi connectivity index (χ4v) is 0.824. The van der Waals surface area contributed by atoms with Crippen molar-refractivity contribution in [3.05, 3.63) is 12.2 Å². The fourth-order valence-electron chi connectivity index (χ4n) is 0.824. The van der Waals surface area contributed by atoms with Crippen LogP contribution in [-0.2, 0) is 6.54 Å². The van der Waals surface area contributed by atoms with E-state index in [1.54, 1.807) is 11.0 Å². The van der Waals surface area contributed by atoms with Gasteiger partial charge in [0.1, 0.15) is 12.4 Å². The normalized spacial score (nSPS) is 9.67. The van der Waals surface area contributed by atoms with Gasteiger partial charge in [0.05, 0.1) is 6.54 Å². The Morgan fingerprint density at radius 3 is 3.17 bits per heavy atom. The first-order chi connectivity index (χ1) is 5.86. The summed E-state index contributed by atoms with van der Waals surface area (Å²) in [7, 11) is 0. The van der Waals surface area contributed by atoms with Gasteiger partial charge < -0.3 is 5.32 Å². The molecule has 1 heterocycles. The lowest BCUT2D eigenvalue weighted by molar-refractivity contribution is 0.563. The van der Waals surface area contributed by atoms with Crippen LogP contribution in [0.15, 0.2) is 6.33 Å². The zero-order valence-electron chi connectivity index (χ0n) is 6.99. The Kier molecular flexibility index (Phi) is 3.23. The van der Waals surface area contributed by atoms with E-state index in [0.29, 0.717) is 0 Å². The van der Waals surface area contributed by atoms with E-state index in [9.17, 15) is 0 Å². The molecule has 0 bridgehead atoms. The van der Waals surface area contributed by atoms with Gasteiger partial charge in [-0.3, -0.25) is 4.68 Å². The summed E-state index contributed by atoms with van der Waals surface area (Å²) in [4.78, 5) is 3.78. The van der Waals surface area contributed by atoms with E-state index in [0.717, 1.165) is 19.6 Å². The Labute approximate surface area is 71.0 Å². The third-order valence-electron chi connectivity index (χ3n) is 1.40. The van der Waals surface area contributed by atoms with Gasteiger partial charge >= 0.3 is 0 Å². The highest BCUT2D eigenvalue weighted by atomic mass is 15.3. The Hall–Kier alpha value is -1.41. The maximum Gasteiger partial charge on any atom is 0.252 e. The molecule has 0 atom stereocenters. The van der Waals surface area contributed by atoms with E-state index in [1.165, 1.54) is 0 Å². The van der Waals surface area contributed by atoms with Crippen LogP contribution in [0.2, 0.25) is 0 Å². The Bertz CT molecular complexity index is 272. The SMILES string of the molecule is CCNCCn1cnc(C#N)n1. The molecule has 0 saturated heterocycles. The Morgan fingerprint density at radius 2 is 2.58 bits per heavy atom. The Morgan fingerprint density at radius 1 is 1.75 bits per heavy atom. The molecule has 0 amide bonds. The van der Waals surface area contributed by atoms with E-state index in [1.807, 2.05) is 13.0 Å². The van der Waals surface area contributed by atoms with Crippen LogP contribution in [0.4, 0.5) is 0 Å². The van der Waals surface area contributed by atoms with Crippen LogP contribution in [0.25, 0.3) is 0 Å². The number of hydrogen-bond acceptors (Lipinski definition) is 4. The smallest absolute Gasteiger partial charge is 0.252 e. The predicted octanol–water partition coefficient (Wildman–Crippen LogP) is -0.241. The molecule has 0 unspecified atom stereocenters. The summed E-state index contributed by atoms with van der Waals surface area (Å²) in [5.74, 6) is 0.228. The van der Waals surface area contributed by atoms with Crippen molar-refractivity contribution in [3.8, 4) is 6.07 Å². The van der Waals surface area contributed by atoms with Crippen molar-refractivity contribution < 1.29 is 0 Å². The van der Waals surface area contributed by atoms with Crippen molar-refractivity contribution in [1.29, 1.82) is 5.26 Å². The molecule has 1 aromatic heterocycles. The standard InChI is InChI=1S/C7H11N5/c1-2-9-3-4-12-6-10-7(5-8)11-12/h6,9H,2-4H2,1H3. The molecular formula is C7H11N5. The van der Waals surface area contributed by atoms with Crippen LogP contribution >= 0.6 is 0 Å². The first-order valence-corrected chi connectivity index (χ1v) is 3.87. The van der Waals surface area contributed by atoms with Crippen LogP contribution in [0.3, 0.4) is 0 Å². The molecule has 0 fully saturated rings. The van der Waals surface area contributed by atoms with Gasteiger partial charge in [-0.05, 0) is 6.54 Å². The van der Waals surface area contributed by atoms with Crippen LogP contribution in [0.1, 0.15) is 12.7 Å². The van der Waals surface area contributed by atoms with Gasteiger partial charge in [0.25, 0.3) is 5.82 Å². The van der Waals surface area contributed by atoms with Crippen molar-refractivity contribution in [3.63, 3.8) is 0 Å². The average molecular weight is 165 g/mol. The lowest BCUT2D eigenvalue weighted by atomic mass is 10.6. The molecule has 1 rings (SSSR count). The molecule has 0 aliphatic rings. The summed E-state index contributed by atoms with van der Waals surface area (Å²) >= 11 is 0. The zero-order valence-corrected chi connectivity index (χ0v) is 6.99. The van der Waals surface area contributed by atoms with Gasteiger partial charge in [0.15, 0.2) is 0 Å². The highest BCUT2D eigenvalue weighted by Crippen LogP contribution is 1.85. The molecule has 0 aromatic carbocycles. The monoisotopic (exact) mass is 165 g/mol. The largest absolute Gasteiger partial charge is 0.315 e.